The summed E-state index contributed by atoms with van der Waals surface area (Å²) in [5.41, 5.74) is 1.92. The highest BCUT2D eigenvalue weighted by atomic mass is 16.3. The van der Waals surface area contributed by atoms with Crippen LogP contribution in [-0.2, 0) is 6.42 Å². The van der Waals surface area contributed by atoms with Gasteiger partial charge in [-0.2, -0.15) is 0 Å². The zero-order valence-electron chi connectivity index (χ0n) is 14.3. The van der Waals surface area contributed by atoms with Gasteiger partial charge < -0.3 is 20.8 Å². The van der Waals surface area contributed by atoms with Crippen LogP contribution >= 0.6 is 0 Å². The highest BCUT2D eigenvalue weighted by molar-refractivity contribution is 5.26. The molecule has 0 saturated carbocycles. The minimum Gasteiger partial charge on any atom is -0.391 e. The highest BCUT2D eigenvalue weighted by Gasteiger charge is 2.07. The molecule has 2 atom stereocenters. The van der Waals surface area contributed by atoms with Gasteiger partial charge in [-0.15, -0.1) is 6.58 Å². The Bertz CT molecular complexity index is 647. The monoisotopic (exact) mass is 344 g/mol. The van der Waals surface area contributed by atoms with Crippen molar-refractivity contribution in [3.05, 3.63) is 48.6 Å². The van der Waals surface area contributed by atoms with E-state index in [9.17, 15) is 10.2 Å². The number of aliphatic hydroxyl groups excluding tert-OH is 2. The van der Waals surface area contributed by atoms with Crippen molar-refractivity contribution in [3.8, 4) is 0 Å². The van der Waals surface area contributed by atoms with Crippen molar-refractivity contribution in [2.45, 2.75) is 32.0 Å². The molecule has 0 saturated heterocycles. The van der Waals surface area contributed by atoms with Crippen molar-refractivity contribution in [1.82, 2.24) is 19.9 Å². The molecule has 0 amide bonds. The van der Waals surface area contributed by atoms with Gasteiger partial charge in [0.2, 0.25) is 11.9 Å². The number of anilines is 2. The van der Waals surface area contributed by atoms with Crippen molar-refractivity contribution in [3.63, 3.8) is 0 Å². The Hall–Kier alpha value is -2.58. The summed E-state index contributed by atoms with van der Waals surface area (Å²) >= 11 is 0. The first-order valence-corrected chi connectivity index (χ1v) is 8.13. The molecule has 8 nitrogen and oxygen atoms in total. The van der Waals surface area contributed by atoms with Crippen LogP contribution in [0.5, 0.6) is 0 Å². The zero-order valence-corrected chi connectivity index (χ0v) is 14.3. The number of hydrogen-bond donors (Lipinski definition) is 4. The van der Waals surface area contributed by atoms with E-state index in [2.05, 4.69) is 37.1 Å². The fraction of sp³-hybridized carbons (Fsp3) is 0.412. The van der Waals surface area contributed by atoms with E-state index >= 15 is 0 Å². The number of aryl methyl sites for hydroxylation is 2. The lowest BCUT2D eigenvalue weighted by Crippen LogP contribution is -2.21. The number of aromatic nitrogens is 4. The molecule has 8 heteroatoms. The van der Waals surface area contributed by atoms with E-state index in [1.54, 1.807) is 24.8 Å². The van der Waals surface area contributed by atoms with Crippen LogP contribution in [-0.4, -0.2) is 55.4 Å². The number of hydrogen-bond acceptors (Lipinski definition) is 8. The Kier molecular flexibility index (Phi) is 7.24. The maximum Gasteiger partial charge on any atom is 0.222 e. The Balaban J connectivity index is 1.71. The third kappa shape index (κ3) is 6.82. The van der Waals surface area contributed by atoms with Crippen LogP contribution in [0.1, 0.15) is 17.5 Å². The molecule has 0 aliphatic rings. The van der Waals surface area contributed by atoms with E-state index in [-0.39, 0.29) is 0 Å². The van der Waals surface area contributed by atoms with Gasteiger partial charge >= 0.3 is 0 Å². The molecule has 2 aromatic heterocycles. The van der Waals surface area contributed by atoms with E-state index in [1.807, 2.05) is 6.92 Å². The molecule has 134 valence electrons. The minimum absolute atomic E-state index is 0.314. The lowest BCUT2D eigenvalue weighted by Gasteiger charge is -2.12. The fourth-order valence-corrected chi connectivity index (χ4v) is 1.98. The van der Waals surface area contributed by atoms with Crippen molar-refractivity contribution < 1.29 is 10.2 Å². The molecule has 0 radical (unpaired) electrons. The second kappa shape index (κ2) is 9.65. The third-order valence-electron chi connectivity index (χ3n) is 3.49. The van der Waals surface area contributed by atoms with Gasteiger partial charge in [0, 0.05) is 37.9 Å². The van der Waals surface area contributed by atoms with E-state index < -0.39 is 12.2 Å². The van der Waals surface area contributed by atoms with Gasteiger partial charge in [-0.05, 0) is 30.9 Å². The minimum atomic E-state index is -0.636. The number of nitrogens with one attached hydrogen (secondary N) is 2. The van der Waals surface area contributed by atoms with Crippen LogP contribution in [0, 0.1) is 6.92 Å². The van der Waals surface area contributed by atoms with Gasteiger partial charge in [0.25, 0.3) is 0 Å². The van der Waals surface area contributed by atoms with Crippen molar-refractivity contribution in [2.24, 2.45) is 0 Å². The van der Waals surface area contributed by atoms with Crippen LogP contribution in [0.25, 0.3) is 0 Å². The lowest BCUT2D eigenvalue weighted by molar-refractivity contribution is 0.177. The third-order valence-corrected chi connectivity index (χ3v) is 3.49. The average molecular weight is 344 g/mol. The molecule has 2 heterocycles. The predicted molar refractivity (Wildman–Crippen MR) is 96.3 cm³/mol. The SMILES string of the molecule is C=C[C@@H](O)CNc1ncc(CC[C@H](O)CNc2ncc(C)cn2)cn1. The van der Waals surface area contributed by atoms with Gasteiger partial charge in [0.1, 0.15) is 0 Å². The van der Waals surface area contributed by atoms with Crippen LogP contribution in [0.3, 0.4) is 0 Å². The zero-order chi connectivity index (χ0) is 18.1. The van der Waals surface area contributed by atoms with Gasteiger partial charge in [-0.25, -0.2) is 19.9 Å². The summed E-state index contributed by atoms with van der Waals surface area (Å²) in [6.45, 7) is 6.11. The quantitative estimate of drug-likeness (QED) is 0.471. The summed E-state index contributed by atoms with van der Waals surface area (Å²) in [6.07, 6.45) is 8.38. The second-order valence-corrected chi connectivity index (χ2v) is 5.76. The van der Waals surface area contributed by atoms with E-state index in [0.29, 0.717) is 37.8 Å². The summed E-state index contributed by atoms with van der Waals surface area (Å²) in [4.78, 5) is 16.6. The maximum atomic E-state index is 10.0. The number of rotatable bonds is 10. The highest BCUT2D eigenvalue weighted by Crippen LogP contribution is 2.06. The van der Waals surface area contributed by atoms with Crippen LogP contribution in [0.2, 0.25) is 0 Å². The first-order valence-electron chi connectivity index (χ1n) is 8.13. The maximum absolute atomic E-state index is 10.0. The topological polar surface area (TPSA) is 116 Å². The predicted octanol–water partition coefficient (Wildman–Crippen LogP) is 0.939. The molecule has 0 aromatic carbocycles. The summed E-state index contributed by atoms with van der Waals surface area (Å²) in [6, 6.07) is 0. The molecule has 2 aromatic rings. The van der Waals surface area contributed by atoms with Crippen molar-refractivity contribution in [1.29, 1.82) is 0 Å². The van der Waals surface area contributed by atoms with Gasteiger partial charge in [-0.1, -0.05) is 6.08 Å². The normalized spacial score (nSPS) is 13.1. The molecule has 0 fully saturated rings. The van der Waals surface area contributed by atoms with Crippen molar-refractivity contribution in [2.75, 3.05) is 23.7 Å². The molecule has 0 unspecified atom stereocenters. The van der Waals surface area contributed by atoms with E-state index in [1.165, 1.54) is 6.08 Å². The molecule has 4 N–H and O–H groups in total. The lowest BCUT2D eigenvalue weighted by atomic mass is 10.1. The molecule has 2 rings (SSSR count). The van der Waals surface area contributed by atoms with Gasteiger partial charge in [0.05, 0.1) is 12.2 Å². The van der Waals surface area contributed by atoms with E-state index in [0.717, 1.165) is 11.1 Å². The first kappa shape index (κ1) is 18.8. The Morgan fingerprint density at radius 2 is 1.56 bits per heavy atom. The molecular formula is C17H24N6O2. The molecular weight excluding hydrogens is 320 g/mol. The fourth-order valence-electron chi connectivity index (χ4n) is 1.98. The Morgan fingerprint density at radius 1 is 1.00 bits per heavy atom. The second-order valence-electron chi connectivity index (χ2n) is 5.76. The smallest absolute Gasteiger partial charge is 0.222 e. The summed E-state index contributed by atoms with van der Waals surface area (Å²) in [5.74, 6) is 0.952. The summed E-state index contributed by atoms with van der Waals surface area (Å²) in [7, 11) is 0. The standard InChI is InChI=1S/C17H24N6O2/c1-3-14(24)10-22-17-20-8-13(9-21-17)4-5-15(25)11-23-16-18-6-12(2)7-19-16/h3,6-9,14-15,24-25H,1,4-5,10-11H2,2H3,(H,18,19,23)(H,20,21,22)/t14-,15+/m1/s1. The Morgan fingerprint density at radius 3 is 2.16 bits per heavy atom. The molecule has 25 heavy (non-hydrogen) atoms. The van der Waals surface area contributed by atoms with Gasteiger partial charge in [-0.3, -0.25) is 0 Å². The molecule has 0 spiro atoms. The summed E-state index contributed by atoms with van der Waals surface area (Å²) < 4.78 is 0. The number of nitrogens with zero attached hydrogens (tertiary/aromatic N) is 4. The summed E-state index contributed by atoms with van der Waals surface area (Å²) in [5, 5.41) is 25.3. The average Bonchev–Trinajstić information content (AvgIpc) is 2.64. The Labute approximate surface area is 147 Å². The van der Waals surface area contributed by atoms with E-state index in [4.69, 9.17) is 0 Å². The molecule has 0 aliphatic heterocycles. The van der Waals surface area contributed by atoms with Crippen LogP contribution in [0.4, 0.5) is 11.9 Å². The largest absolute Gasteiger partial charge is 0.391 e. The molecule has 0 aliphatic carbocycles. The van der Waals surface area contributed by atoms with Crippen LogP contribution < -0.4 is 10.6 Å². The van der Waals surface area contributed by atoms with Gasteiger partial charge in [0.15, 0.2) is 0 Å². The van der Waals surface area contributed by atoms with Crippen molar-refractivity contribution >= 4 is 11.9 Å². The molecule has 0 bridgehead atoms. The van der Waals surface area contributed by atoms with Crippen LogP contribution in [0.15, 0.2) is 37.4 Å². The first-order chi connectivity index (χ1) is 12.1. The number of aliphatic hydroxyl groups is 2.